The summed E-state index contributed by atoms with van der Waals surface area (Å²) in [7, 11) is 1.59. The van der Waals surface area contributed by atoms with Gasteiger partial charge in [0.25, 0.3) is 0 Å². The number of hydrogen-bond donors (Lipinski definition) is 3. The average molecular weight is 518 g/mol. The monoisotopic (exact) mass is 517 g/mol. The number of rotatable bonds is 9. The van der Waals surface area contributed by atoms with Crippen LogP contribution in [-0.4, -0.2) is 53.4 Å². The Morgan fingerprint density at radius 2 is 1.69 bits per heavy atom. The summed E-state index contributed by atoms with van der Waals surface area (Å²) in [5.41, 5.74) is 0.347. The lowest BCUT2D eigenvalue weighted by Crippen LogP contribution is -2.44. The highest BCUT2D eigenvalue weighted by Gasteiger charge is 2.15. The maximum absolute atomic E-state index is 13.5. The number of aliphatic imine (C=N–C) groups is 1. The Labute approximate surface area is 211 Å². The van der Waals surface area contributed by atoms with E-state index in [2.05, 4.69) is 25.9 Å². The molecule has 3 aromatic rings. The first-order valence-electron chi connectivity index (χ1n) is 11.0. The van der Waals surface area contributed by atoms with Crippen LogP contribution in [0.4, 0.5) is 5.95 Å². The largest absolute Gasteiger partial charge is 0.497 e. The number of aromatic nitrogens is 3. The Hall–Kier alpha value is -3.50. The van der Waals surface area contributed by atoms with Crippen molar-refractivity contribution in [3.63, 3.8) is 0 Å². The zero-order valence-electron chi connectivity index (χ0n) is 19.1. The van der Waals surface area contributed by atoms with E-state index in [4.69, 9.17) is 27.9 Å². The lowest BCUT2D eigenvalue weighted by atomic mass is 10.2. The van der Waals surface area contributed by atoms with E-state index in [1.54, 1.807) is 25.3 Å². The maximum Gasteiger partial charge on any atom is 0.355 e. The van der Waals surface area contributed by atoms with Crippen molar-refractivity contribution >= 4 is 35.1 Å². The number of nitrogens with zero attached hydrogens (tertiary/aromatic N) is 4. The second-order valence-corrected chi connectivity index (χ2v) is 8.59. The van der Waals surface area contributed by atoms with Crippen LogP contribution in [0, 0.1) is 0 Å². The first kappa shape index (κ1) is 24.6. The fraction of sp³-hybridized carbons (Fsp3) is 0.304. The van der Waals surface area contributed by atoms with Gasteiger partial charge in [-0.15, -0.1) is 0 Å². The number of halogens is 2. The molecule has 0 unspecified atom stereocenters. The summed E-state index contributed by atoms with van der Waals surface area (Å²) in [5.74, 6) is 1.62. The molecule has 10 nitrogen and oxygen atoms in total. The third kappa shape index (κ3) is 6.14. The predicted molar refractivity (Wildman–Crippen MR) is 137 cm³/mol. The minimum absolute atomic E-state index is 0.0114. The van der Waals surface area contributed by atoms with Crippen molar-refractivity contribution in [3.05, 3.63) is 84.6 Å². The van der Waals surface area contributed by atoms with E-state index in [0.717, 1.165) is 29.2 Å². The topological polar surface area (TPSA) is 115 Å². The summed E-state index contributed by atoms with van der Waals surface area (Å²) in [6.07, 6.45) is 0. The molecule has 0 bridgehead atoms. The molecule has 184 valence electrons. The predicted octanol–water partition coefficient (Wildman–Crippen LogP) is 1.78. The molecule has 4 rings (SSSR count). The Bertz CT molecular complexity index is 1340. The van der Waals surface area contributed by atoms with Crippen LogP contribution in [0.2, 0.25) is 10.0 Å². The van der Waals surface area contributed by atoms with Gasteiger partial charge in [0, 0.05) is 19.6 Å². The van der Waals surface area contributed by atoms with Crippen molar-refractivity contribution in [1.29, 1.82) is 0 Å². The summed E-state index contributed by atoms with van der Waals surface area (Å²) in [5, 5.41) is 10.1. The van der Waals surface area contributed by atoms with Crippen LogP contribution in [0.25, 0.3) is 0 Å². The van der Waals surface area contributed by atoms with E-state index in [1.807, 2.05) is 24.3 Å². The number of nitrogens with one attached hydrogen (secondary N) is 3. The molecule has 0 saturated carbocycles. The van der Waals surface area contributed by atoms with E-state index in [1.165, 1.54) is 4.57 Å². The quantitative estimate of drug-likeness (QED) is 0.370. The number of hydrogen-bond acceptors (Lipinski definition) is 8. The zero-order chi connectivity index (χ0) is 24.8. The van der Waals surface area contributed by atoms with E-state index < -0.39 is 11.4 Å². The summed E-state index contributed by atoms with van der Waals surface area (Å²) in [6.45, 7) is 2.70. The van der Waals surface area contributed by atoms with Gasteiger partial charge in [0.05, 0.1) is 36.8 Å². The molecule has 35 heavy (non-hydrogen) atoms. The van der Waals surface area contributed by atoms with Crippen molar-refractivity contribution < 1.29 is 4.74 Å². The van der Waals surface area contributed by atoms with Crippen molar-refractivity contribution in [3.8, 4) is 5.75 Å². The Morgan fingerprint density at radius 1 is 0.971 bits per heavy atom. The Balaban J connectivity index is 1.62. The molecule has 0 spiro atoms. The van der Waals surface area contributed by atoms with Crippen molar-refractivity contribution in [2.45, 2.75) is 13.1 Å². The van der Waals surface area contributed by atoms with Gasteiger partial charge in [-0.25, -0.2) is 14.2 Å². The number of methoxy groups -OCH3 is 1. The molecule has 0 amide bonds. The summed E-state index contributed by atoms with van der Waals surface area (Å²) >= 11 is 12.1. The van der Waals surface area contributed by atoms with Gasteiger partial charge in [0.15, 0.2) is 5.96 Å². The molecule has 2 aromatic carbocycles. The van der Waals surface area contributed by atoms with Gasteiger partial charge in [-0.1, -0.05) is 41.4 Å². The van der Waals surface area contributed by atoms with Crippen LogP contribution in [0.3, 0.4) is 0 Å². The van der Waals surface area contributed by atoms with Gasteiger partial charge in [-0.3, -0.25) is 9.56 Å². The van der Waals surface area contributed by atoms with Gasteiger partial charge in [-0.05, 0) is 35.4 Å². The molecule has 0 fully saturated rings. The van der Waals surface area contributed by atoms with Crippen LogP contribution in [0.15, 0.2) is 57.0 Å². The Morgan fingerprint density at radius 3 is 2.37 bits per heavy atom. The standard InChI is InChI=1S/C23H25Cl2N7O3/c1-35-17-5-2-15(3-6-17)13-31-21(29-11-10-28-20-26-8-9-27-20)30-22(33)32(23(31)34)14-16-4-7-18(24)19(25)12-16/h2-7,12H,8-11,13-14H2,1H3,(H2,26,27,28)(H,29,30,33). The van der Waals surface area contributed by atoms with E-state index in [-0.39, 0.29) is 19.0 Å². The highest BCUT2D eigenvalue weighted by molar-refractivity contribution is 6.42. The summed E-state index contributed by atoms with van der Waals surface area (Å²) in [6, 6.07) is 12.3. The minimum Gasteiger partial charge on any atom is -0.497 e. The smallest absolute Gasteiger partial charge is 0.355 e. The van der Waals surface area contributed by atoms with Gasteiger partial charge in [-0.2, -0.15) is 4.98 Å². The second kappa shape index (κ2) is 11.3. The molecule has 12 heteroatoms. The van der Waals surface area contributed by atoms with Crippen molar-refractivity contribution in [1.82, 2.24) is 24.8 Å². The van der Waals surface area contributed by atoms with E-state index >= 15 is 0 Å². The van der Waals surface area contributed by atoms with Crippen molar-refractivity contribution in [2.24, 2.45) is 4.99 Å². The van der Waals surface area contributed by atoms with E-state index in [0.29, 0.717) is 34.4 Å². The fourth-order valence-corrected chi connectivity index (χ4v) is 3.87. The molecule has 0 saturated heterocycles. The molecule has 3 N–H and O–H groups in total. The third-order valence-corrected chi connectivity index (χ3v) is 6.09. The summed E-state index contributed by atoms with van der Waals surface area (Å²) in [4.78, 5) is 34.7. The van der Waals surface area contributed by atoms with E-state index in [9.17, 15) is 9.59 Å². The number of anilines is 1. The van der Waals surface area contributed by atoms with Gasteiger partial charge in [0.1, 0.15) is 5.75 Å². The van der Waals surface area contributed by atoms with Crippen LogP contribution in [0.1, 0.15) is 11.1 Å². The molecule has 1 aliphatic heterocycles. The molecule has 0 aliphatic carbocycles. The number of benzene rings is 2. The first-order valence-corrected chi connectivity index (χ1v) is 11.7. The first-order chi connectivity index (χ1) is 16.9. The number of ether oxygens (including phenoxy) is 1. The lowest BCUT2D eigenvalue weighted by molar-refractivity contribution is 0.414. The fourth-order valence-electron chi connectivity index (χ4n) is 3.55. The van der Waals surface area contributed by atoms with Crippen LogP contribution in [-0.2, 0) is 13.1 Å². The second-order valence-electron chi connectivity index (χ2n) is 7.78. The third-order valence-electron chi connectivity index (χ3n) is 5.35. The van der Waals surface area contributed by atoms with Crippen molar-refractivity contribution in [2.75, 3.05) is 38.6 Å². The minimum atomic E-state index is -0.663. The molecule has 0 atom stereocenters. The molecule has 0 radical (unpaired) electrons. The van der Waals surface area contributed by atoms with Gasteiger partial charge >= 0.3 is 11.4 Å². The molecular weight excluding hydrogens is 493 g/mol. The van der Waals surface area contributed by atoms with Gasteiger partial charge in [0.2, 0.25) is 5.95 Å². The molecular formula is C23H25Cl2N7O3. The maximum atomic E-state index is 13.5. The van der Waals surface area contributed by atoms with Crippen LogP contribution < -0.4 is 32.1 Å². The molecule has 2 heterocycles. The highest BCUT2D eigenvalue weighted by atomic mass is 35.5. The average Bonchev–Trinajstić information content (AvgIpc) is 3.38. The zero-order valence-corrected chi connectivity index (χ0v) is 20.6. The van der Waals surface area contributed by atoms with Crippen LogP contribution >= 0.6 is 23.2 Å². The lowest BCUT2D eigenvalue weighted by Gasteiger charge is -2.16. The SMILES string of the molecule is COc1ccc(Cn2c(NCCNC3=NCCN3)nc(=O)n(Cc3ccc(Cl)c(Cl)c3)c2=O)cc1. The van der Waals surface area contributed by atoms with Crippen LogP contribution in [0.5, 0.6) is 5.75 Å². The number of guanidine groups is 1. The molecule has 1 aliphatic rings. The summed E-state index contributed by atoms with van der Waals surface area (Å²) < 4.78 is 7.72. The Kier molecular flexibility index (Phi) is 7.94. The van der Waals surface area contributed by atoms with Gasteiger partial charge < -0.3 is 20.7 Å². The normalized spacial score (nSPS) is 12.7. The molecule has 1 aromatic heterocycles. The highest BCUT2D eigenvalue weighted by Crippen LogP contribution is 2.22.